The number of unbranched alkanes of at least 4 members (excludes halogenated alkanes) is 1. The second-order valence-electron chi connectivity index (χ2n) is 2.08. The zero-order valence-electron chi connectivity index (χ0n) is 7.59. The van der Waals surface area contributed by atoms with Gasteiger partial charge in [-0.2, -0.15) is 10.5 Å². The number of hydrogen-bond acceptors (Lipinski definition) is 2. The minimum atomic E-state index is 0.110. The predicted octanol–water partition coefficient (Wildman–Crippen LogP) is 2.87. The molecule has 0 aliphatic rings. The Kier molecular flexibility index (Phi) is 13.5. The largest absolute Gasteiger partial charge is 0.198 e. The van der Waals surface area contributed by atoms with Crippen LogP contribution in [0.15, 0.2) is 0 Å². The molecule has 11 heavy (non-hydrogen) atoms. The van der Waals surface area contributed by atoms with Gasteiger partial charge < -0.3 is 0 Å². The molecule has 0 saturated heterocycles. The SMILES string of the molecule is CC.CC(C#N)CCCC#N. The summed E-state index contributed by atoms with van der Waals surface area (Å²) in [6.45, 7) is 5.87. The predicted molar refractivity (Wildman–Crippen MR) is 45.6 cm³/mol. The molecule has 0 heterocycles. The molecule has 0 bridgehead atoms. The molecule has 0 aromatic heterocycles. The third-order valence-corrected chi connectivity index (χ3v) is 1.15. The summed E-state index contributed by atoms with van der Waals surface area (Å²) < 4.78 is 0. The van der Waals surface area contributed by atoms with Crippen LogP contribution < -0.4 is 0 Å². The van der Waals surface area contributed by atoms with Gasteiger partial charge in [0.15, 0.2) is 0 Å². The first-order chi connectivity index (χ1) is 5.31. The van der Waals surface area contributed by atoms with Gasteiger partial charge in [-0.3, -0.25) is 0 Å². The average Bonchev–Trinajstić information content (AvgIpc) is 2.08. The smallest absolute Gasteiger partial charge is 0.0652 e. The first kappa shape index (κ1) is 12.6. The maximum Gasteiger partial charge on any atom is 0.0652 e. The Morgan fingerprint density at radius 1 is 1.27 bits per heavy atom. The van der Waals surface area contributed by atoms with Crippen LogP contribution >= 0.6 is 0 Å². The van der Waals surface area contributed by atoms with Crippen LogP contribution in [0.25, 0.3) is 0 Å². The quantitative estimate of drug-likeness (QED) is 0.584. The van der Waals surface area contributed by atoms with Crippen LogP contribution in [-0.4, -0.2) is 0 Å². The van der Waals surface area contributed by atoms with Crippen LogP contribution in [0.5, 0.6) is 0 Å². The van der Waals surface area contributed by atoms with Crippen molar-refractivity contribution in [3.8, 4) is 12.1 Å². The Hall–Kier alpha value is -1.02. The van der Waals surface area contributed by atoms with Crippen LogP contribution in [0, 0.1) is 28.6 Å². The van der Waals surface area contributed by atoms with E-state index >= 15 is 0 Å². The Labute approximate surface area is 69.4 Å². The highest BCUT2D eigenvalue weighted by Gasteiger charge is 1.96. The van der Waals surface area contributed by atoms with E-state index in [4.69, 9.17) is 10.5 Å². The van der Waals surface area contributed by atoms with E-state index in [1.807, 2.05) is 26.8 Å². The molecule has 1 atom stereocenters. The molecule has 0 aromatic carbocycles. The maximum absolute atomic E-state index is 8.30. The van der Waals surface area contributed by atoms with E-state index in [2.05, 4.69) is 6.07 Å². The molecular weight excluding hydrogens is 136 g/mol. The van der Waals surface area contributed by atoms with E-state index in [0.29, 0.717) is 6.42 Å². The van der Waals surface area contributed by atoms with Crippen LogP contribution in [0.2, 0.25) is 0 Å². The third kappa shape index (κ3) is 12.2. The first-order valence-corrected chi connectivity index (χ1v) is 4.08. The molecule has 2 heteroatoms. The van der Waals surface area contributed by atoms with Gasteiger partial charge in [0.05, 0.1) is 12.1 Å². The van der Waals surface area contributed by atoms with Gasteiger partial charge in [0.25, 0.3) is 0 Å². The van der Waals surface area contributed by atoms with Crippen molar-refractivity contribution in [2.45, 2.75) is 40.0 Å². The highest BCUT2D eigenvalue weighted by atomic mass is 14.3. The van der Waals surface area contributed by atoms with Crippen LogP contribution in [0.4, 0.5) is 0 Å². The summed E-state index contributed by atoms with van der Waals surface area (Å²) in [5.74, 6) is 0.110. The lowest BCUT2D eigenvalue weighted by Crippen LogP contribution is -1.87. The van der Waals surface area contributed by atoms with Crippen LogP contribution in [0.1, 0.15) is 40.0 Å². The van der Waals surface area contributed by atoms with Gasteiger partial charge in [-0.1, -0.05) is 13.8 Å². The van der Waals surface area contributed by atoms with E-state index in [9.17, 15) is 0 Å². The topological polar surface area (TPSA) is 47.6 Å². The van der Waals surface area contributed by atoms with Gasteiger partial charge in [-0.25, -0.2) is 0 Å². The highest BCUT2D eigenvalue weighted by molar-refractivity contribution is 4.79. The fourth-order valence-corrected chi connectivity index (χ4v) is 0.552. The zero-order chi connectivity index (χ0) is 9.11. The first-order valence-electron chi connectivity index (χ1n) is 4.08. The Morgan fingerprint density at radius 3 is 2.18 bits per heavy atom. The summed E-state index contributed by atoms with van der Waals surface area (Å²) in [5, 5.41) is 16.4. The summed E-state index contributed by atoms with van der Waals surface area (Å²) in [6, 6.07) is 4.15. The summed E-state index contributed by atoms with van der Waals surface area (Å²) >= 11 is 0. The van der Waals surface area contributed by atoms with Gasteiger partial charge in [-0.05, 0) is 19.8 Å². The van der Waals surface area contributed by atoms with Crippen LogP contribution in [-0.2, 0) is 0 Å². The molecule has 1 unspecified atom stereocenters. The molecule has 0 N–H and O–H groups in total. The lowest BCUT2D eigenvalue weighted by molar-refractivity contribution is 0.625. The average molecular weight is 152 g/mol. The highest BCUT2D eigenvalue weighted by Crippen LogP contribution is 2.04. The van der Waals surface area contributed by atoms with Gasteiger partial charge in [0, 0.05) is 12.3 Å². The van der Waals surface area contributed by atoms with E-state index in [0.717, 1.165) is 12.8 Å². The van der Waals surface area contributed by atoms with Crippen LogP contribution in [0.3, 0.4) is 0 Å². The number of rotatable bonds is 3. The van der Waals surface area contributed by atoms with E-state index in [1.165, 1.54) is 0 Å². The Bertz CT molecular complexity index is 139. The maximum atomic E-state index is 8.30. The molecule has 0 aliphatic heterocycles. The van der Waals surface area contributed by atoms with Crippen molar-refractivity contribution < 1.29 is 0 Å². The third-order valence-electron chi connectivity index (χ3n) is 1.15. The van der Waals surface area contributed by atoms with Gasteiger partial charge in [0.2, 0.25) is 0 Å². The summed E-state index contributed by atoms with van der Waals surface area (Å²) in [4.78, 5) is 0. The summed E-state index contributed by atoms with van der Waals surface area (Å²) in [6.07, 6.45) is 2.28. The lowest BCUT2D eigenvalue weighted by Gasteiger charge is -1.95. The standard InChI is InChI=1S/C7H10N2.C2H6/c1-7(6-9)4-2-3-5-8;1-2/h7H,2-4H2,1H3;1-2H3. The molecule has 62 valence electrons. The Balaban J connectivity index is 0. The summed E-state index contributed by atoms with van der Waals surface area (Å²) in [7, 11) is 0. The van der Waals surface area contributed by atoms with Crippen molar-refractivity contribution in [3.05, 3.63) is 0 Å². The van der Waals surface area contributed by atoms with Crippen molar-refractivity contribution in [1.29, 1.82) is 10.5 Å². The second kappa shape index (κ2) is 11.7. The number of nitrogens with zero attached hydrogens (tertiary/aromatic N) is 2. The molecule has 0 aromatic rings. The molecule has 0 aliphatic carbocycles. The molecule has 0 radical (unpaired) electrons. The second-order valence-corrected chi connectivity index (χ2v) is 2.08. The molecule has 2 nitrogen and oxygen atoms in total. The number of hydrogen-bond donors (Lipinski definition) is 0. The lowest BCUT2D eigenvalue weighted by atomic mass is 10.1. The minimum Gasteiger partial charge on any atom is -0.198 e. The van der Waals surface area contributed by atoms with Crippen molar-refractivity contribution in [2.24, 2.45) is 5.92 Å². The molecule has 0 saturated carbocycles. The Morgan fingerprint density at radius 2 is 1.82 bits per heavy atom. The molecule has 0 fully saturated rings. The van der Waals surface area contributed by atoms with Crippen molar-refractivity contribution >= 4 is 0 Å². The fraction of sp³-hybridized carbons (Fsp3) is 0.778. The minimum absolute atomic E-state index is 0.110. The fourth-order valence-electron chi connectivity index (χ4n) is 0.552. The molecular formula is C9H16N2. The van der Waals surface area contributed by atoms with Gasteiger partial charge in [0.1, 0.15) is 0 Å². The summed E-state index contributed by atoms with van der Waals surface area (Å²) in [5.41, 5.74) is 0. The monoisotopic (exact) mass is 152 g/mol. The zero-order valence-corrected chi connectivity index (χ0v) is 7.59. The van der Waals surface area contributed by atoms with Gasteiger partial charge in [-0.15, -0.1) is 0 Å². The normalized spacial score (nSPS) is 9.91. The van der Waals surface area contributed by atoms with Gasteiger partial charge >= 0.3 is 0 Å². The van der Waals surface area contributed by atoms with Crippen molar-refractivity contribution in [3.63, 3.8) is 0 Å². The van der Waals surface area contributed by atoms with E-state index in [-0.39, 0.29) is 5.92 Å². The molecule has 0 amide bonds. The van der Waals surface area contributed by atoms with E-state index in [1.54, 1.807) is 0 Å². The number of nitriles is 2. The van der Waals surface area contributed by atoms with Crippen molar-refractivity contribution in [2.75, 3.05) is 0 Å². The van der Waals surface area contributed by atoms with Crippen molar-refractivity contribution in [1.82, 2.24) is 0 Å². The van der Waals surface area contributed by atoms with E-state index < -0.39 is 0 Å². The molecule has 0 spiro atoms. The molecule has 0 rings (SSSR count).